The summed E-state index contributed by atoms with van der Waals surface area (Å²) < 4.78 is 37.3. The lowest BCUT2D eigenvalue weighted by Gasteiger charge is -2.07. The number of aliphatic hydroxyl groups is 1. The maximum atomic E-state index is 12.6. The Labute approximate surface area is 85.9 Å². The summed E-state index contributed by atoms with van der Waals surface area (Å²) in [6.45, 7) is -0.687. The van der Waals surface area contributed by atoms with Gasteiger partial charge in [0.1, 0.15) is 0 Å². The first-order valence-corrected chi connectivity index (χ1v) is 4.38. The van der Waals surface area contributed by atoms with Crippen LogP contribution in [0, 0.1) is 9.52 Å². The SMILES string of the molecule is OCc1nc(F)cc(I)c1C(F)F. The van der Waals surface area contributed by atoms with Gasteiger partial charge in [-0.15, -0.1) is 0 Å². The van der Waals surface area contributed by atoms with E-state index >= 15 is 0 Å². The molecule has 1 N–H and O–H groups in total. The zero-order chi connectivity index (χ0) is 10.0. The van der Waals surface area contributed by atoms with E-state index in [1.165, 1.54) is 0 Å². The Morgan fingerprint density at radius 1 is 1.54 bits per heavy atom. The number of alkyl halides is 2. The molecule has 6 heteroatoms. The number of aliphatic hydroxyl groups excluding tert-OH is 1. The lowest BCUT2D eigenvalue weighted by Crippen LogP contribution is -2.03. The van der Waals surface area contributed by atoms with Gasteiger partial charge in [-0.3, -0.25) is 0 Å². The van der Waals surface area contributed by atoms with Crippen LogP contribution in [0.2, 0.25) is 0 Å². The molecule has 0 atom stereocenters. The number of hydrogen-bond acceptors (Lipinski definition) is 2. The predicted octanol–water partition coefficient (Wildman–Crippen LogP) is 2.26. The first kappa shape index (κ1) is 10.7. The van der Waals surface area contributed by atoms with Gasteiger partial charge in [0.25, 0.3) is 6.43 Å². The Balaban J connectivity index is 3.30. The van der Waals surface area contributed by atoms with Crippen molar-refractivity contribution in [2.45, 2.75) is 13.0 Å². The van der Waals surface area contributed by atoms with Crippen molar-refractivity contribution in [1.82, 2.24) is 4.98 Å². The third-order valence-corrected chi connectivity index (χ3v) is 2.32. The van der Waals surface area contributed by atoms with Crippen LogP contribution in [0.5, 0.6) is 0 Å². The van der Waals surface area contributed by atoms with E-state index in [9.17, 15) is 13.2 Å². The monoisotopic (exact) mass is 303 g/mol. The van der Waals surface area contributed by atoms with Gasteiger partial charge >= 0.3 is 0 Å². The van der Waals surface area contributed by atoms with Crippen molar-refractivity contribution in [3.63, 3.8) is 0 Å². The third kappa shape index (κ3) is 2.31. The van der Waals surface area contributed by atoms with Crippen LogP contribution in [0.25, 0.3) is 0 Å². The minimum absolute atomic E-state index is 0.0733. The van der Waals surface area contributed by atoms with E-state index in [4.69, 9.17) is 5.11 Å². The number of halogens is 4. The van der Waals surface area contributed by atoms with E-state index in [0.29, 0.717) is 0 Å². The first-order chi connectivity index (χ1) is 6.06. The van der Waals surface area contributed by atoms with Crippen molar-refractivity contribution in [1.29, 1.82) is 0 Å². The second kappa shape index (κ2) is 4.23. The van der Waals surface area contributed by atoms with Crippen molar-refractivity contribution < 1.29 is 18.3 Å². The summed E-state index contributed by atoms with van der Waals surface area (Å²) in [6.07, 6.45) is -2.75. The number of aromatic nitrogens is 1. The average Bonchev–Trinajstić information content (AvgIpc) is 2.01. The highest BCUT2D eigenvalue weighted by Crippen LogP contribution is 2.27. The number of rotatable bonds is 2. The van der Waals surface area contributed by atoms with Gasteiger partial charge in [-0.25, -0.2) is 13.8 Å². The fraction of sp³-hybridized carbons (Fsp3) is 0.286. The zero-order valence-corrected chi connectivity index (χ0v) is 8.43. The van der Waals surface area contributed by atoms with Gasteiger partial charge in [0.15, 0.2) is 0 Å². The average molecular weight is 303 g/mol. The maximum absolute atomic E-state index is 12.6. The van der Waals surface area contributed by atoms with Gasteiger partial charge in [0.2, 0.25) is 5.95 Å². The molecule has 0 aliphatic heterocycles. The Morgan fingerprint density at radius 3 is 2.62 bits per heavy atom. The second-order valence-corrected chi connectivity index (χ2v) is 3.41. The van der Waals surface area contributed by atoms with Crippen LogP contribution in [-0.2, 0) is 6.61 Å². The van der Waals surface area contributed by atoms with Crippen LogP contribution in [0.1, 0.15) is 17.7 Å². The minimum atomic E-state index is -2.75. The van der Waals surface area contributed by atoms with Crippen LogP contribution in [0.15, 0.2) is 6.07 Å². The summed E-state index contributed by atoms with van der Waals surface area (Å²) in [5.41, 5.74) is -0.705. The van der Waals surface area contributed by atoms with Crippen molar-refractivity contribution in [2.24, 2.45) is 0 Å². The van der Waals surface area contributed by atoms with Crippen molar-refractivity contribution in [2.75, 3.05) is 0 Å². The Kier molecular flexibility index (Phi) is 3.48. The molecule has 13 heavy (non-hydrogen) atoms. The van der Waals surface area contributed by atoms with Crippen LogP contribution in [-0.4, -0.2) is 10.1 Å². The van der Waals surface area contributed by atoms with Crippen LogP contribution < -0.4 is 0 Å². The number of pyridine rings is 1. The smallest absolute Gasteiger partial charge is 0.266 e. The van der Waals surface area contributed by atoms with Gasteiger partial charge in [-0.1, -0.05) is 0 Å². The fourth-order valence-electron chi connectivity index (χ4n) is 0.892. The van der Waals surface area contributed by atoms with Gasteiger partial charge in [0, 0.05) is 9.64 Å². The van der Waals surface area contributed by atoms with Gasteiger partial charge < -0.3 is 5.11 Å². The van der Waals surface area contributed by atoms with E-state index in [1.54, 1.807) is 22.6 Å². The third-order valence-electron chi connectivity index (χ3n) is 1.42. The van der Waals surface area contributed by atoms with E-state index in [0.717, 1.165) is 6.07 Å². The summed E-state index contributed by atoms with van der Waals surface area (Å²) in [5, 5.41) is 8.65. The molecule has 0 aliphatic carbocycles. The highest BCUT2D eigenvalue weighted by atomic mass is 127. The summed E-state index contributed by atoms with van der Waals surface area (Å²) in [4.78, 5) is 3.17. The lowest BCUT2D eigenvalue weighted by molar-refractivity contribution is 0.144. The standard InChI is InChI=1S/C7H5F3INO/c8-5-1-3(11)6(7(9)10)4(2-13)12-5/h1,7,13H,2H2. The normalized spacial score (nSPS) is 10.9. The molecular weight excluding hydrogens is 298 g/mol. The Bertz CT molecular complexity index is 319. The van der Waals surface area contributed by atoms with Crippen molar-refractivity contribution >= 4 is 22.6 Å². The van der Waals surface area contributed by atoms with E-state index < -0.39 is 24.5 Å². The van der Waals surface area contributed by atoms with Crippen LogP contribution in [0.3, 0.4) is 0 Å². The predicted molar refractivity (Wildman–Crippen MR) is 47.8 cm³/mol. The number of nitrogens with zero attached hydrogens (tertiary/aromatic N) is 1. The molecule has 0 aliphatic rings. The van der Waals surface area contributed by atoms with E-state index in [1.807, 2.05) is 0 Å². The summed E-state index contributed by atoms with van der Waals surface area (Å²) in [5.74, 6) is -0.863. The van der Waals surface area contributed by atoms with Crippen molar-refractivity contribution in [3.05, 3.63) is 26.8 Å². The first-order valence-electron chi connectivity index (χ1n) is 3.30. The highest BCUT2D eigenvalue weighted by Gasteiger charge is 2.18. The molecule has 0 saturated carbocycles. The molecule has 1 aromatic heterocycles. The van der Waals surface area contributed by atoms with Crippen molar-refractivity contribution in [3.8, 4) is 0 Å². The van der Waals surface area contributed by atoms with E-state index in [-0.39, 0.29) is 9.26 Å². The molecule has 1 aromatic rings. The molecule has 0 radical (unpaired) electrons. The van der Waals surface area contributed by atoms with Crippen LogP contribution >= 0.6 is 22.6 Å². The quantitative estimate of drug-likeness (QED) is 0.671. The molecule has 2 nitrogen and oxygen atoms in total. The zero-order valence-electron chi connectivity index (χ0n) is 6.27. The molecule has 0 saturated heterocycles. The summed E-state index contributed by atoms with van der Waals surface area (Å²) in [7, 11) is 0. The molecule has 0 fully saturated rings. The molecule has 0 aromatic carbocycles. The molecule has 0 bridgehead atoms. The fourth-order valence-corrected chi connectivity index (χ4v) is 1.70. The molecule has 1 heterocycles. The van der Waals surface area contributed by atoms with Gasteiger partial charge in [0.05, 0.1) is 17.9 Å². The summed E-state index contributed by atoms with van der Waals surface area (Å²) in [6, 6.07) is 0.904. The summed E-state index contributed by atoms with van der Waals surface area (Å²) >= 11 is 1.58. The minimum Gasteiger partial charge on any atom is -0.390 e. The molecule has 0 spiro atoms. The van der Waals surface area contributed by atoms with Gasteiger partial charge in [-0.2, -0.15) is 4.39 Å². The molecular formula is C7H5F3INO. The van der Waals surface area contributed by atoms with Gasteiger partial charge in [-0.05, 0) is 22.6 Å². The van der Waals surface area contributed by atoms with Crippen LogP contribution in [0.4, 0.5) is 13.2 Å². The second-order valence-electron chi connectivity index (χ2n) is 2.25. The molecule has 1 rings (SSSR count). The molecule has 72 valence electrons. The molecule has 0 amide bonds. The Hall–Kier alpha value is -0.370. The topological polar surface area (TPSA) is 33.1 Å². The highest BCUT2D eigenvalue weighted by molar-refractivity contribution is 14.1. The largest absolute Gasteiger partial charge is 0.390 e. The lowest BCUT2D eigenvalue weighted by atomic mass is 10.2. The van der Waals surface area contributed by atoms with E-state index in [2.05, 4.69) is 4.98 Å². The number of hydrogen-bond donors (Lipinski definition) is 1. The molecule has 0 unspecified atom stereocenters. The maximum Gasteiger partial charge on any atom is 0.266 e. The Morgan fingerprint density at radius 2 is 2.15 bits per heavy atom.